The second-order valence-corrected chi connectivity index (χ2v) is 7.46. The van der Waals surface area contributed by atoms with Gasteiger partial charge >= 0.3 is 11.8 Å². The van der Waals surface area contributed by atoms with E-state index < -0.39 is 28.5 Å². The summed E-state index contributed by atoms with van der Waals surface area (Å²) < 4.78 is 27.4. The third kappa shape index (κ3) is 4.36. The summed E-state index contributed by atoms with van der Waals surface area (Å²) in [6.07, 6.45) is 0. The number of nitrogens with one attached hydrogen (secondary N) is 2. The first-order valence-electron chi connectivity index (χ1n) is 9.44. The lowest BCUT2D eigenvalue weighted by Crippen LogP contribution is -2.51. The second kappa shape index (κ2) is 8.35. The van der Waals surface area contributed by atoms with Gasteiger partial charge in [0.2, 0.25) is 5.56 Å². The van der Waals surface area contributed by atoms with Gasteiger partial charge in [0.05, 0.1) is 0 Å². The number of hydrogen-bond acceptors (Lipinski definition) is 4. The molecule has 1 fully saturated rings. The maximum atomic E-state index is 13.7. The summed E-state index contributed by atoms with van der Waals surface area (Å²) in [7, 11) is 0. The number of nitrogens with zero attached hydrogens (tertiary/aromatic N) is 2. The van der Waals surface area contributed by atoms with E-state index in [-0.39, 0.29) is 18.6 Å². The quantitative estimate of drug-likeness (QED) is 0.468. The van der Waals surface area contributed by atoms with Gasteiger partial charge in [-0.2, -0.15) is 0 Å². The Hall–Kier alpha value is -3.46. The summed E-state index contributed by atoms with van der Waals surface area (Å²) >= 11 is 5.51. The lowest BCUT2D eigenvalue weighted by Gasteiger charge is -2.35. The van der Waals surface area contributed by atoms with E-state index in [0.717, 1.165) is 12.1 Å². The molecule has 1 saturated heterocycles. The molecule has 31 heavy (non-hydrogen) atoms. The van der Waals surface area contributed by atoms with Crippen molar-refractivity contribution in [1.82, 2.24) is 9.88 Å². The van der Waals surface area contributed by atoms with Crippen molar-refractivity contribution in [2.45, 2.75) is 0 Å². The van der Waals surface area contributed by atoms with Gasteiger partial charge in [0.25, 0.3) is 0 Å². The van der Waals surface area contributed by atoms with Gasteiger partial charge in [0.15, 0.2) is 0 Å². The Morgan fingerprint density at radius 2 is 1.65 bits per heavy atom. The van der Waals surface area contributed by atoms with Crippen molar-refractivity contribution >= 4 is 45.7 Å². The van der Waals surface area contributed by atoms with Gasteiger partial charge in [0.1, 0.15) is 16.7 Å². The Balaban J connectivity index is 1.38. The Morgan fingerprint density at radius 3 is 2.32 bits per heavy atom. The molecule has 2 amide bonds. The summed E-state index contributed by atoms with van der Waals surface area (Å²) in [5.74, 6) is -3.20. The van der Waals surface area contributed by atoms with Crippen LogP contribution in [0, 0.1) is 11.6 Å². The fourth-order valence-corrected chi connectivity index (χ4v) is 3.56. The molecule has 0 bridgehead atoms. The number of rotatable bonds is 2. The van der Waals surface area contributed by atoms with Gasteiger partial charge in [-0.3, -0.25) is 14.4 Å². The minimum atomic E-state index is -0.853. The zero-order chi connectivity index (χ0) is 22.1. The maximum absolute atomic E-state index is 13.7. The number of pyridine rings is 1. The molecule has 2 heterocycles. The van der Waals surface area contributed by atoms with Crippen molar-refractivity contribution in [2.24, 2.45) is 0 Å². The first-order chi connectivity index (χ1) is 14.8. The summed E-state index contributed by atoms with van der Waals surface area (Å²) in [5, 5.41) is 2.71. The number of fused-ring (bicyclic) bond motifs is 1. The number of hydrogen-bond donors (Lipinski definition) is 2. The molecule has 0 radical (unpaired) electrons. The van der Waals surface area contributed by atoms with Crippen LogP contribution >= 0.6 is 11.6 Å². The van der Waals surface area contributed by atoms with Crippen molar-refractivity contribution in [1.29, 1.82) is 0 Å². The van der Waals surface area contributed by atoms with Crippen molar-refractivity contribution < 1.29 is 18.4 Å². The molecule has 0 aliphatic carbocycles. The highest BCUT2D eigenvalue weighted by Gasteiger charge is 2.27. The lowest BCUT2D eigenvalue weighted by atomic mass is 10.2. The predicted molar refractivity (Wildman–Crippen MR) is 113 cm³/mol. The fourth-order valence-electron chi connectivity index (χ4n) is 3.45. The van der Waals surface area contributed by atoms with Gasteiger partial charge in [-0.15, -0.1) is 0 Å². The normalized spacial score (nSPS) is 14.0. The smallest absolute Gasteiger partial charge is 0.313 e. The SMILES string of the molecule is O=C(Nc1ccc2[nH]c(=O)ccc2c1)C(=O)N1CCN(c2cc(F)c(Cl)c(F)c2)CC1. The van der Waals surface area contributed by atoms with E-state index in [9.17, 15) is 23.2 Å². The fraction of sp³-hybridized carbons (Fsp3) is 0.190. The highest BCUT2D eigenvalue weighted by Crippen LogP contribution is 2.26. The summed E-state index contributed by atoms with van der Waals surface area (Å²) in [6, 6.07) is 10.2. The molecule has 0 spiro atoms. The van der Waals surface area contributed by atoms with Crippen LogP contribution in [0.4, 0.5) is 20.2 Å². The van der Waals surface area contributed by atoms with Gasteiger partial charge in [-0.05, 0) is 36.4 Å². The number of halogens is 3. The highest BCUT2D eigenvalue weighted by atomic mass is 35.5. The second-order valence-electron chi connectivity index (χ2n) is 7.08. The van der Waals surface area contributed by atoms with E-state index in [1.165, 1.54) is 11.0 Å². The zero-order valence-corrected chi connectivity index (χ0v) is 16.9. The number of anilines is 2. The Bertz CT molecular complexity index is 1220. The topological polar surface area (TPSA) is 85.5 Å². The molecule has 2 aromatic carbocycles. The first kappa shape index (κ1) is 20.8. The van der Waals surface area contributed by atoms with Crippen LogP contribution < -0.4 is 15.8 Å². The van der Waals surface area contributed by atoms with Crippen LogP contribution in [0.1, 0.15) is 0 Å². The monoisotopic (exact) mass is 446 g/mol. The average molecular weight is 447 g/mol. The molecule has 1 aromatic heterocycles. The van der Waals surface area contributed by atoms with Crippen molar-refractivity contribution in [3.63, 3.8) is 0 Å². The van der Waals surface area contributed by atoms with Crippen LogP contribution in [0.15, 0.2) is 47.3 Å². The molecule has 1 aliphatic rings. The van der Waals surface area contributed by atoms with Crippen LogP contribution in [-0.2, 0) is 9.59 Å². The summed E-state index contributed by atoms with van der Waals surface area (Å²) in [5.41, 5.74) is 1.12. The minimum absolute atomic E-state index is 0.219. The van der Waals surface area contributed by atoms with E-state index >= 15 is 0 Å². The third-order valence-electron chi connectivity index (χ3n) is 5.08. The van der Waals surface area contributed by atoms with Crippen LogP contribution in [0.2, 0.25) is 5.02 Å². The summed E-state index contributed by atoms with van der Waals surface area (Å²) in [4.78, 5) is 42.0. The van der Waals surface area contributed by atoms with E-state index in [0.29, 0.717) is 35.4 Å². The first-order valence-corrected chi connectivity index (χ1v) is 9.82. The molecular formula is C21H17ClF2N4O3. The van der Waals surface area contributed by atoms with Gasteiger partial charge < -0.3 is 20.1 Å². The van der Waals surface area contributed by atoms with Crippen molar-refractivity contribution in [2.75, 3.05) is 36.4 Å². The van der Waals surface area contributed by atoms with Gasteiger partial charge in [-0.25, -0.2) is 8.78 Å². The molecule has 160 valence electrons. The lowest BCUT2D eigenvalue weighted by molar-refractivity contribution is -0.143. The van der Waals surface area contributed by atoms with Gasteiger partial charge in [-0.1, -0.05) is 11.6 Å². The molecular weight excluding hydrogens is 430 g/mol. The van der Waals surface area contributed by atoms with Crippen molar-refractivity contribution in [3.8, 4) is 0 Å². The molecule has 7 nitrogen and oxygen atoms in total. The van der Waals surface area contributed by atoms with Crippen LogP contribution in [0.5, 0.6) is 0 Å². The number of carbonyl (C=O) groups excluding carboxylic acids is 2. The molecule has 4 rings (SSSR count). The molecule has 0 unspecified atom stereocenters. The number of aromatic nitrogens is 1. The van der Waals surface area contributed by atoms with Crippen LogP contribution in [0.3, 0.4) is 0 Å². The zero-order valence-electron chi connectivity index (χ0n) is 16.1. The van der Waals surface area contributed by atoms with E-state index in [1.54, 1.807) is 29.2 Å². The van der Waals surface area contributed by atoms with Crippen molar-refractivity contribution in [3.05, 3.63) is 69.5 Å². The van der Waals surface area contributed by atoms with E-state index in [2.05, 4.69) is 10.3 Å². The largest absolute Gasteiger partial charge is 0.368 e. The number of benzene rings is 2. The molecule has 3 aromatic rings. The van der Waals surface area contributed by atoms with E-state index in [1.807, 2.05) is 0 Å². The molecule has 0 saturated carbocycles. The molecule has 2 N–H and O–H groups in total. The third-order valence-corrected chi connectivity index (χ3v) is 5.44. The standard InChI is InChI=1S/C21H17ClF2N4O3/c22-19-15(23)10-14(11-16(19)24)27-5-7-28(8-6-27)21(31)20(30)25-13-2-3-17-12(9-13)1-4-18(29)26-17/h1-4,9-11H,5-8H2,(H,25,30)(H,26,29). The Morgan fingerprint density at radius 1 is 0.968 bits per heavy atom. The predicted octanol–water partition coefficient (Wildman–Crippen LogP) is 2.75. The number of aromatic amines is 1. The number of piperazine rings is 1. The molecule has 10 heteroatoms. The van der Waals surface area contributed by atoms with E-state index in [4.69, 9.17) is 11.6 Å². The highest BCUT2D eigenvalue weighted by molar-refractivity contribution is 6.39. The number of H-pyrrole nitrogens is 1. The van der Waals surface area contributed by atoms with Crippen LogP contribution in [0.25, 0.3) is 10.9 Å². The minimum Gasteiger partial charge on any atom is -0.368 e. The van der Waals surface area contributed by atoms with Crippen LogP contribution in [-0.4, -0.2) is 47.9 Å². The molecule has 1 aliphatic heterocycles. The maximum Gasteiger partial charge on any atom is 0.313 e. The number of amides is 2. The summed E-state index contributed by atoms with van der Waals surface area (Å²) in [6.45, 7) is 1.06. The molecule has 0 atom stereocenters. The Kier molecular flexibility index (Phi) is 5.60. The van der Waals surface area contributed by atoms with Gasteiger partial charge in [0, 0.05) is 54.5 Å². The number of carbonyl (C=O) groups is 2. The Labute approximate surface area is 180 Å². The average Bonchev–Trinajstić information content (AvgIpc) is 2.76.